The van der Waals surface area contributed by atoms with E-state index >= 15 is 0 Å². The quantitative estimate of drug-likeness (QED) is 0.656. The zero-order valence-electron chi connectivity index (χ0n) is 14.7. The Labute approximate surface area is 149 Å². The summed E-state index contributed by atoms with van der Waals surface area (Å²) in [5.41, 5.74) is 2.27. The van der Waals surface area contributed by atoms with Gasteiger partial charge in [0.25, 0.3) is 0 Å². The van der Waals surface area contributed by atoms with Gasteiger partial charge in [-0.2, -0.15) is 0 Å². The van der Waals surface area contributed by atoms with Crippen LogP contribution in [-0.2, 0) is 16.5 Å². The standard InChI is InChI=1S/C20H20FNO2S/c1-13-5-8-15(9-6-13)25(23)24-18-12-19(20(2,3)4)22-17-10-7-14(21)11-16(17)18/h5-12H,1-4H3. The second-order valence-electron chi connectivity index (χ2n) is 7.05. The molecule has 3 aromatic rings. The van der Waals surface area contributed by atoms with Crippen molar-refractivity contribution in [2.75, 3.05) is 0 Å². The second-order valence-corrected chi connectivity index (χ2v) is 8.16. The Hall–Kier alpha value is -2.27. The SMILES string of the molecule is Cc1ccc(S(=O)Oc2cc(C(C)(C)C)nc3ccc(F)cc23)cc1. The highest BCUT2D eigenvalue weighted by atomic mass is 32.2. The fourth-order valence-corrected chi connectivity index (χ4v) is 3.15. The van der Waals surface area contributed by atoms with Gasteiger partial charge >= 0.3 is 0 Å². The molecule has 0 aliphatic carbocycles. The highest BCUT2D eigenvalue weighted by molar-refractivity contribution is 7.80. The summed E-state index contributed by atoms with van der Waals surface area (Å²) in [6.07, 6.45) is 0. The minimum Gasteiger partial charge on any atom is -0.396 e. The number of hydrogen-bond donors (Lipinski definition) is 0. The van der Waals surface area contributed by atoms with Gasteiger partial charge in [0.2, 0.25) is 11.1 Å². The summed E-state index contributed by atoms with van der Waals surface area (Å²) in [5, 5.41) is 0.508. The summed E-state index contributed by atoms with van der Waals surface area (Å²) in [6.45, 7) is 8.06. The second kappa shape index (κ2) is 6.56. The molecule has 0 amide bonds. The summed E-state index contributed by atoms with van der Waals surface area (Å²) >= 11 is -1.69. The fourth-order valence-electron chi connectivity index (χ4n) is 2.40. The Bertz CT molecular complexity index is 946. The fraction of sp³-hybridized carbons (Fsp3) is 0.250. The van der Waals surface area contributed by atoms with Gasteiger partial charge in [0.15, 0.2) is 5.75 Å². The summed E-state index contributed by atoms with van der Waals surface area (Å²) < 4.78 is 32.0. The lowest BCUT2D eigenvalue weighted by Gasteiger charge is -2.19. The van der Waals surface area contributed by atoms with E-state index in [2.05, 4.69) is 4.98 Å². The van der Waals surface area contributed by atoms with Crippen LogP contribution in [0, 0.1) is 12.7 Å². The Morgan fingerprint density at radius 1 is 1.04 bits per heavy atom. The number of aryl methyl sites for hydroxylation is 1. The topological polar surface area (TPSA) is 39.2 Å². The summed E-state index contributed by atoms with van der Waals surface area (Å²) in [5.74, 6) is -0.0166. The van der Waals surface area contributed by atoms with Crippen molar-refractivity contribution in [2.45, 2.75) is 38.0 Å². The number of hydrogen-bond acceptors (Lipinski definition) is 3. The van der Waals surface area contributed by atoms with Crippen LogP contribution < -0.4 is 4.18 Å². The Balaban J connectivity index is 2.08. The minimum absolute atomic E-state index is 0.216. The van der Waals surface area contributed by atoms with Gasteiger partial charge in [0, 0.05) is 16.9 Å². The predicted octanol–water partition coefficient (Wildman–Crippen LogP) is 5.08. The molecule has 1 heterocycles. The van der Waals surface area contributed by atoms with Crippen LogP contribution in [-0.4, -0.2) is 9.19 Å². The van der Waals surface area contributed by atoms with Crippen molar-refractivity contribution in [2.24, 2.45) is 0 Å². The molecule has 0 radical (unpaired) electrons. The molecule has 3 rings (SSSR count). The van der Waals surface area contributed by atoms with Gasteiger partial charge in [-0.25, -0.2) is 8.60 Å². The molecule has 0 aliphatic heterocycles. The van der Waals surface area contributed by atoms with E-state index in [0.717, 1.165) is 11.3 Å². The number of rotatable bonds is 3. The van der Waals surface area contributed by atoms with E-state index in [4.69, 9.17) is 4.18 Å². The van der Waals surface area contributed by atoms with Crippen molar-refractivity contribution in [3.63, 3.8) is 0 Å². The Morgan fingerprint density at radius 2 is 1.72 bits per heavy atom. The summed E-state index contributed by atoms with van der Waals surface area (Å²) in [4.78, 5) is 5.15. The third kappa shape index (κ3) is 3.87. The zero-order chi connectivity index (χ0) is 18.2. The van der Waals surface area contributed by atoms with E-state index in [1.54, 1.807) is 24.3 Å². The number of fused-ring (bicyclic) bond motifs is 1. The highest BCUT2D eigenvalue weighted by Crippen LogP contribution is 2.32. The maximum absolute atomic E-state index is 13.7. The molecule has 3 nitrogen and oxygen atoms in total. The minimum atomic E-state index is -1.69. The number of aromatic nitrogens is 1. The smallest absolute Gasteiger partial charge is 0.240 e. The maximum atomic E-state index is 13.7. The third-order valence-electron chi connectivity index (χ3n) is 3.88. The molecule has 130 valence electrons. The zero-order valence-corrected chi connectivity index (χ0v) is 15.5. The molecule has 0 N–H and O–H groups in total. The normalized spacial score (nSPS) is 13.0. The van der Waals surface area contributed by atoms with Crippen molar-refractivity contribution in [3.8, 4) is 5.75 Å². The first-order valence-corrected chi connectivity index (χ1v) is 9.09. The molecule has 1 aromatic heterocycles. The molecule has 0 fully saturated rings. The van der Waals surface area contributed by atoms with Gasteiger partial charge in [-0.3, -0.25) is 4.98 Å². The molecular weight excluding hydrogens is 337 g/mol. The van der Waals surface area contributed by atoms with Crippen molar-refractivity contribution >= 4 is 22.0 Å². The lowest BCUT2D eigenvalue weighted by Crippen LogP contribution is -2.14. The lowest BCUT2D eigenvalue weighted by atomic mass is 9.91. The van der Waals surface area contributed by atoms with Crippen LogP contribution in [0.1, 0.15) is 32.0 Å². The molecule has 25 heavy (non-hydrogen) atoms. The van der Waals surface area contributed by atoms with E-state index in [1.807, 2.05) is 39.8 Å². The van der Waals surface area contributed by atoms with Crippen molar-refractivity contribution in [1.29, 1.82) is 0 Å². The molecule has 0 spiro atoms. The average molecular weight is 357 g/mol. The molecule has 0 saturated heterocycles. The van der Waals surface area contributed by atoms with Crippen LogP contribution in [0.4, 0.5) is 4.39 Å². The summed E-state index contributed by atoms with van der Waals surface area (Å²) in [7, 11) is 0. The molecule has 1 unspecified atom stereocenters. The van der Waals surface area contributed by atoms with Crippen LogP contribution in [0.5, 0.6) is 5.75 Å². The number of pyridine rings is 1. The molecule has 0 bridgehead atoms. The number of benzene rings is 2. The van der Waals surface area contributed by atoms with Crippen LogP contribution in [0.25, 0.3) is 10.9 Å². The van der Waals surface area contributed by atoms with Gasteiger partial charge in [0.1, 0.15) is 5.82 Å². The van der Waals surface area contributed by atoms with Crippen LogP contribution in [0.3, 0.4) is 0 Å². The third-order valence-corrected chi connectivity index (χ3v) is 4.87. The molecular formula is C20H20FNO2S. The first-order chi connectivity index (χ1) is 11.7. The molecule has 0 saturated carbocycles. The van der Waals surface area contributed by atoms with Gasteiger partial charge in [-0.15, -0.1) is 0 Å². The maximum Gasteiger partial charge on any atom is 0.240 e. The van der Waals surface area contributed by atoms with Crippen LogP contribution in [0.15, 0.2) is 53.4 Å². The van der Waals surface area contributed by atoms with Crippen LogP contribution in [0.2, 0.25) is 0 Å². The molecule has 0 aliphatic rings. The van der Waals surface area contributed by atoms with Gasteiger partial charge in [-0.1, -0.05) is 38.5 Å². The highest BCUT2D eigenvalue weighted by Gasteiger charge is 2.20. The first kappa shape index (κ1) is 17.5. The Morgan fingerprint density at radius 3 is 2.36 bits per heavy atom. The largest absolute Gasteiger partial charge is 0.396 e. The first-order valence-electron chi connectivity index (χ1n) is 8.01. The van der Waals surface area contributed by atoms with Crippen LogP contribution >= 0.6 is 0 Å². The molecule has 1 atom stereocenters. The average Bonchev–Trinajstić information content (AvgIpc) is 2.54. The van der Waals surface area contributed by atoms with E-state index in [-0.39, 0.29) is 11.2 Å². The number of nitrogens with zero attached hydrogens (tertiary/aromatic N) is 1. The monoisotopic (exact) mass is 357 g/mol. The summed E-state index contributed by atoms with van der Waals surface area (Å²) in [6, 6.07) is 13.4. The number of halogens is 1. The lowest BCUT2D eigenvalue weighted by molar-refractivity contribution is 0.547. The predicted molar refractivity (Wildman–Crippen MR) is 98.6 cm³/mol. The van der Waals surface area contributed by atoms with Crippen molar-refractivity contribution in [1.82, 2.24) is 4.98 Å². The van der Waals surface area contributed by atoms with E-state index in [1.165, 1.54) is 12.1 Å². The van der Waals surface area contributed by atoms with E-state index in [0.29, 0.717) is 21.5 Å². The molecule has 2 aromatic carbocycles. The van der Waals surface area contributed by atoms with Crippen molar-refractivity contribution < 1.29 is 12.8 Å². The van der Waals surface area contributed by atoms with Gasteiger partial charge in [0.05, 0.1) is 16.1 Å². The van der Waals surface area contributed by atoms with E-state index in [9.17, 15) is 8.60 Å². The van der Waals surface area contributed by atoms with Gasteiger partial charge < -0.3 is 4.18 Å². The van der Waals surface area contributed by atoms with Crippen molar-refractivity contribution in [3.05, 3.63) is 65.6 Å². The van der Waals surface area contributed by atoms with E-state index < -0.39 is 11.1 Å². The molecule has 5 heteroatoms. The Kier molecular flexibility index (Phi) is 4.60. The van der Waals surface area contributed by atoms with Gasteiger partial charge in [-0.05, 0) is 37.3 Å².